The number of amides is 3. The summed E-state index contributed by atoms with van der Waals surface area (Å²) >= 11 is 1.62. The molecule has 184 valence electrons. The Balaban J connectivity index is 1.09. The molecule has 3 amide bonds. The number of likely N-dealkylation sites (tertiary alicyclic amines) is 2. The fourth-order valence-corrected chi connectivity index (χ4v) is 6.33. The first-order valence-corrected chi connectivity index (χ1v) is 13.6. The molecule has 35 heavy (non-hydrogen) atoms. The van der Waals surface area contributed by atoms with E-state index in [0.717, 1.165) is 76.1 Å². The molecule has 1 aromatic heterocycles. The molecule has 3 aliphatic heterocycles. The molecule has 0 bridgehead atoms. The minimum Gasteiger partial charge on any atom is -0.342 e. The number of thiophene rings is 1. The van der Waals surface area contributed by atoms with Crippen LogP contribution in [0.15, 0.2) is 47.2 Å². The van der Waals surface area contributed by atoms with Crippen molar-refractivity contribution in [1.29, 1.82) is 0 Å². The van der Waals surface area contributed by atoms with E-state index in [1.54, 1.807) is 17.4 Å². The second-order valence-electron chi connectivity index (χ2n) is 10.1. The molecule has 0 radical (unpaired) electrons. The van der Waals surface area contributed by atoms with Crippen molar-refractivity contribution in [3.8, 4) is 0 Å². The van der Waals surface area contributed by atoms with Crippen molar-refractivity contribution in [2.24, 2.45) is 5.41 Å². The number of rotatable bonds is 5. The van der Waals surface area contributed by atoms with Crippen molar-refractivity contribution in [2.75, 3.05) is 37.6 Å². The minimum absolute atomic E-state index is 0.0433. The maximum Gasteiger partial charge on any atom is 0.246 e. The van der Waals surface area contributed by atoms with E-state index in [4.69, 9.17) is 0 Å². The van der Waals surface area contributed by atoms with E-state index in [1.165, 1.54) is 5.56 Å². The summed E-state index contributed by atoms with van der Waals surface area (Å²) in [5, 5.41) is 4.03. The predicted molar refractivity (Wildman–Crippen MR) is 139 cm³/mol. The SMILES string of the molecule is O=C(C=Cc1ccsc1)N1CCC2(CC1)CCN(C(=O)CCC(=O)N1CCCc3ccccc31)C2. The zero-order valence-corrected chi connectivity index (χ0v) is 21.0. The third-order valence-electron chi connectivity index (χ3n) is 7.85. The van der Waals surface area contributed by atoms with Crippen LogP contribution < -0.4 is 4.90 Å². The molecule has 0 saturated carbocycles. The summed E-state index contributed by atoms with van der Waals surface area (Å²) < 4.78 is 0. The zero-order chi connectivity index (χ0) is 24.3. The van der Waals surface area contributed by atoms with Gasteiger partial charge in [-0.05, 0) is 77.6 Å². The molecule has 0 N–H and O–H groups in total. The van der Waals surface area contributed by atoms with Crippen LogP contribution in [0, 0.1) is 5.41 Å². The Morgan fingerprint density at radius 2 is 1.66 bits per heavy atom. The number of carbonyl (C=O) groups excluding carboxylic acids is 3. The Labute approximate surface area is 211 Å². The number of carbonyl (C=O) groups is 3. The maximum absolute atomic E-state index is 13.0. The fourth-order valence-electron chi connectivity index (χ4n) is 5.70. The topological polar surface area (TPSA) is 60.9 Å². The molecule has 7 heteroatoms. The van der Waals surface area contributed by atoms with Crippen LogP contribution in [-0.2, 0) is 20.8 Å². The predicted octanol–water partition coefficient (Wildman–Crippen LogP) is 4.36. The quantitative estimate of drug-likeness (QED) is 0.584. The second kappa shape index (κ2) is 10.4. The number of hydrogen-bond donors (Lipinski definition) is 0. The summed E-state index contributed by atoms with van der Waals surface area (Å²) in [5.74, 6) is 0.189. The number of fused-ring (bicyclic) bond motifs is 1. The molecule has 0 aliphatic carbocycles. The van der Waals surface area contributed by atoms with E-state index in [2.05, 4.69) is 6.07 Å². The Morgan fingerprint density at radius 3 is 2.43 bits per heavy atom. The van der Waals surface area contributed by atoms with Gasteiger partial charge in [0, 0.05) is 57.3 Å². The molecular formula is C28H33N3O3S. The van der Waals surface area contributed by atoms with Crippen molar-refractivity contribution in [2.45, 2.75) is 44.9 Å². The second-order valence-corrected chi connectivity index (χ2v) is 10.8. The fraction of sp³-hybridized carbons (Fsp3) is 0.464. The van der Waals surface area contributed by atoms with Crippen molar-refractivity contribution < 1.29 is 14.4 Å². The lowest BCUT2D eigenvalue weighted by Gasteiger charge is -2.39. The van der Waals surface area contributed by atoms with Crippen molar-refractivity contribution in [1.82, 2.24) is 9.80 Å². The molecular weight excluding hydrogens is 458 g/mol. The monoisotopic (exact) mass is 491 g/mol. The Bertz CT molecular complexity index is 1100. The summed E-state index contributed by atoms with van der Waals surface area (Å²) in [6.07, 6.45) is 8.89. The number of para-hydroxylation sites is 1. The Hall–Kier alpha value is -2.93. The normalized spacial score (nSPS) is 19.4. The average molecular weight is 492 g/mol. The first-order valence-electron chi connectivity index (χ1n) is 12.7. The highest BCUT2D eigenvalue weighted by molar-refractivity contribution is 7.08. The smallest absolute Gasteiger partial charge is 0.246 e. The summed E-state index contributed by atoms with van der Waals surface area (Å²) in [7, 11) is 0. The van der Waals surface area contributed by atoms with Gasteiger partial charge in [0.15, 0.2) is 0 Å². The molecule has 2 aromatic rings. The number of hydrogen-bond acceptors (Lipinski definition) is 4. The number of benzene rings is 1. The van der Waals surface area contributed by atoms with E-state index < -0.39 is 0 Å². The molecule has 3 aliphatic rings. The van der Waals surface area contributed by atoms with E-state index in [-0.39, 0.29) is 36.0 Å². The van der Waals surface area contributed by atoms with Crippen molar-refractivity contribution in [3.05, 3.63) is 58.3 Å². The molecule has 2 saturated heterocycles. The molecule has 2 fully saturated rings. The molecule has 0 atom stereocenters. The van der Waals surface area contributed by atoms with Gasteiger partial charge in [-0.1, -0.05) is 18.2 Å². The molecule has 4 heterocycles. The average Bonchev–Trinajstić information content (AvgIpc) is 3.56. The lowest BCUT2D eigenvalue weighted by molar-refractivity contribution is -0.133. The Morgan fingerprint density at radius 1 is 0.914 bits per heavy atom. The highest BCUT2D eigenvalue weighted by atomic mass is 32.1. The van der Waals surface area contributed by atoms with E-state index in [1.807, 2.05) is 55.8 Å². The summed E-state index contributed by atoms with van der Waals surface area (Å²) in [4.78, 5) is 44.2. The third kappa shape index (κ3) is 5.35. The highest BCUT2D eigenvalue weighted by Crippen LogP contribution is 2.40. The minimum atomic E-state index is 0.0433. The van der Waals surface area contributed by atoms with Crippen molar-refractivity contribution in [3.63, 3.8) is 0 Å². The summed E-state index contributed by atoms with van der Waals surface area (Å²) in [5.41, 5.74) is 3.39. The van der Waals surface area contributed by atoms with Gasteiger partial charge < -0.3 is 14.7 Å². The van der Waals surface area contributed by atoms with Crippen LogP contribution in [0.5, 0.6) is 0 Å². The van der Waals surface area contributed by atoms with Crippen LogP contribution in [0.2, 0.25) is 0 Å². The van der Waals surface area contributed by atoms with Crippen molar-refractivity contribution >= 4 is 40.8 Å². The van der Waals surface area contributed by atoms with Crippen LogP contribution in [0.25, 0.3) is 6.08 Å². The van der Waals surface area contributed by atoms with Crippen LogP contribution in [0.4, 0.5) is 5.69 Å². The van der Waals surface area contributed by atoms with E-state index >= 15 is 0 Å². The van der Waals surface area contributed by atoms with Crippen LogP contribution in [0.3, 0.4) is 0 Å². The number of nitrogens with zero attached hydrogens (tertiary/aromatic N) is 3. The first kappa shape index (κ1) is 23.8. The molecule has 0 unspecified atom stereocenters. The largest absolute Gasteiger partial charge is 0.342 e. The van der Waals surface area contributed by atoms with Gasteiger partial charge >= 0.3 is 0 Å². The van der Waals surface area contributed by atoms with Gasteiger partial charge in [0.1, 0.15) is 0 Å². The molecule has 1 spiro atoms. The van der Waals surface area contributed by atoms with Gasteiger partial charge in [0.25, 0.3) is 0 Å². The van der Waals surface area contributed by atoms with E-state index in [0.29, 0.717) is 0 Å². The van der Waals surface area contributed by atoms with Gasteiger partial charge in [-0.3, -0.25) is 14.4 Å². The molecule has 5 rings (SSSR count). The number of piperidine rings is 1. The molecule has 1 aromatic carbocycles. The van der Waals surface area contributed by atoms with Gasteiger partial charge in [0.2, 0.25) is 17.7 Å². The lowest BCUT2D eigenvalue weighted by atomic mass is 9.78. The van der Waals surface area contributed by atoms with Crippen LogP contribution in [0.1, 0.15) is 49.7 Å². The van der Waals surface area contributed by atoms with Gasteiger partial charge in [-0.25, -0.2) is 0 Å². The lowest BCUT2D eigenvalue weighted by Crippen LogP contribution is -2.44. The zero-order valence-electron chi connectivity index (χ0n) is 20.2. The number of anilines is 1. The van der Waals surface area contributed by atoms with Gasteiger partial charge in [-0.15, -0.1) is 0 Å². The van der Waals surface area contributed by atoms with Crippen LogP contribution >= 0.6 is 11.3 Å². The molecule has 6 nitrogen and oxygen atoms in total. The maximum atomic E-state index is 13.0. The standard InChI is InChI=1S/C28H33N3O3S/c32-25(8-7-22-11-19-35-20-22)29-16-12-28(13-17-29)14-18-30(21-28)26(33)9-10-27(34)31-15-3-5-23-4-1-2-6-24(23)31/h1-2,4,6-8,11,19-20H,3,5,9-10,12-18,21H2. The summed E-state index contributed by atoms with van der Waals surface area (Å²) in [6, 6.07) is 10.1. The summed E-state index contributed by atoms with van der Waals surface area (Å²) in [6.45, 7) is 3.71. The van der Waals surface area contributed by atoms with Crippen LogP contribution in [-0.4, -0.2) is 60.2 Å². The van der Waals surface area contributed by atoms with Gasteiger partial charge in [-0.2, -0.15) is 11.3 Å². The third-order valence-corrected chi connectivity index (χ3v) is 8.55. The Kier molecular flexibility index (Phi) is 7.04. The van der Waals surface area contributed by atoms with Gasteiger partial charge in [0.05, 0.1) is 0 Å². The number of aryl methyl sites for hydroxylation is 1. The highest BCUT2D eigenvalue weighted by Gasteiger charge is 2.42. The van der Waals surface area contributed by atoms with E-state index in [9.17, 15) is 14.4 Å². The first-order chi connectivity index (χ1) is 17.0.